The van der Waals surface area contributed by atoms with Gasteiger partial charge < -0.3 is 4.74 Å². The molecule has 0 unspecified atom stereocenters. The van der Waals surface area contributed by atoms with Gasteiger partial charge >= 0.3 is 0 Å². The number of benzene rings is 1. The molecule has 8 heteroatoms. The minimum Gasteiger partial charge on any atom is -0.471 e. The fourth-order valence-electron chi connectivity index (χ4n) is 3.37. The molecule has 0 aliphatic heterocycles. The van der Waals surface area contributed by atoms with Crippen molar-refractivity contribution >= 4 is 11.3 Å². The van der Waals surface area contributed by atoms with Gasteiger partial charge in [-0.1, -0.05) is 26.0 Å². The lowest BCUT2D eigenvalue weighted by Gasteiger charge is -2.14. The molecule has 0 saturated heterocycles. The molecule has 0 fully saturated rings. The first-order chi connectivity index (χ1) is 15.3. The van der Waals surface area contributed by atoms with Crippen molar-refractivity contribution in [2.24, 2.45) is 0 Å². The lowest BCUT2D eigenvalue weighted by atomic mass is 10.1. The fraction of sp³-hybridized carbons (Fsp3) is 0.292. The summed E-state index contributed by atoms with van der Waals surface area (Å²) in [4.78, 5) is 31.2. The summed E-state index contributed by atoms with van der Waals surface area (Å²) < 4.78 is 7.42. The monoisotopic (exact) mass is 447 g/mol. The van der Waals surface area contributed by atoms with Gasteiger partial charge in [0.15, 0.2) is 0 Å². The number of thiazole rings is 1. The number of hydrogen-bond donors (Lipinski definition) is 0. The van der Waals surface area contributed by atoms with Gasteiger partial charge in [-0.3, -0.25) is 9.36 Å². The molecule has 0 aliphatic rings. The maximum atomic E-state index is 13.2. The molecule has 32 heavy (non-hydrogen) atoms. The first-order valence-electron chi connectivity index (χ1n) is 10.4. The third-order valence-electron chi connectivity index (χ3n) is 5.05. The quantitative estimate of drug-likeness (QED) is 0.423. The van der Waals surface area contributed by atoms with E-state index in [4.69, 9.17) is 4.74 Å². The summed E-state index contributed by atoms with van der Waals surface area (Å²) in [6.07, 6.45) is 1.77. The summed E-state index contributed by atoms with van der Waals surface area (Å²) in [6.45, 7) is 9.88. The summed E-state index contributed by atoms with van der Waals surface area (Å²) >= 11 is 1.57. The van der Waals surface area contributed by atoms with E-state index in [9.17, 15) is 4.79 Å². The van der Waals surface area contributed by atoms with Gasteiger partial charge in [-0.2, -0.15) is 4.98 Å². The maximum absolute atomic E-state index is 13.2. The second-order valence-corrected chi connectivity index (χ2v) is 8.94. The Morgan fingerprint density at radius 3 is 2.62 bits per heavy atom. The third-order valence-corrected chi connectivity index (χ3v) is 5.87. The zero-order chi connectivity index (χ0) is 22.8. The van der Waals surface area contributed by atoms with Crippen LogP contribution in [0, 0.1) is 20.8 Å². The molecule has 0 radical (unpaired) electrons. The Morgan fingerprint density at radius 2 is 1.91 bits per heavy atom. The van der Waals surface area contributed by atoms with Gasteiger partial charge in [-0.05, 0) is 39.0 Å². The molecule has 0 spiro atoms. The smallest absolute Gasteiger partial charge is 0.264 e. The molecule has 164 valence electrons. The minimum atomic E-state index is -0.162. The van der Waals surface area contributed by atoms with Crippen LogP contribution in [-0.4, -0.2) is 24.5 Å². The molecule has 0 amide bonds. The molecule has 0 N–H and O–H groups in total. The van der Waals surface area contributed by atoms with Crippen molar-refractivity contribution in [2.45, 2.75) is 47.1 Å². The molecule has 0 atom stereocenters. The first-order valence-corrected chi connectivity index (χ1v) is 11.3. The van der Waals surface area contributed by atoms with Crippen molar-refractivity contribution in [2.75, 3.05) is 0 Å². The van der Waals surface area contributed by atoms with Crippen LogP contribution in [0.15, 0.2) is 46.7 Å². The molecule has 3 aromatic heterocycles. The molecule has 4 aromatic rings. The predicted molar refractivity (Wildman–Crippen MR) is 126 cm³/mol. The number of rotatable bonds is 6. The lowest BCUT2D eigenvalue weighted by molar-refractivity contribution is 0.285. The first kappa shape index (κ1) is 21.8. The van der Waals surface area contributed by atoms with E-state index in [1.165, 1.54) is 0 Å². The van der Waals surface area contributed by atoms with E-state index in [0.717, 1.165) is 33.5 Å². The van der Waals surface area contributed by atoms with Crippen molar-refractivity contribution in [1.82, 2.24) is 24.5 Å². The summed E-state index contributed by atoms with van der Waals surface area (Å²) in [5.74, 6) is 1.90. The Kier molecular flexibility index (Phi) is 6.14. The Balaban J connectivity index is 1.68. The van der Waals surface area contributed by atoms with Gasteiger partial charge in [0.2, 0.25) is 5.88 Å². The van der Waals surface area contributed by atoms with Crippen LogP contribution >= 0.6 is 11.3 Å². The SMILES string of the molecule is Cc1nc(COc2nc(C)n(-c3cccc(-c4ccnc(C(C)C)n4)c3)c(=O)c2C)cs1. The average molecular weight is 448 g/mol. The zero-order valence-corrected chi connectivity index (χ0v) is 19.6. The molecule has 7 nitrogen and oxygen atoms in total. The van der Waals surface area contributed by atoms with Gasteiger partial charge in [0.05, 0.1) is 27.6 Å². The second kappa shape index (κ2) is 9.00. The minimum absolute atomic E-state index is 0.162. The number of nitrogens with zero attached hydrogens (tertiary/aromatic N) is 5. The standard InChI is InChI=1S/C24H25N5O2S/c1-14(2)22-25-10-9-21(28-22)18-7-6-8-20(11-18)29-16(4)26-23(15(3)24(29)30)31-12-19-13-32-17(5)27-19/h6-11,13-14H,12H2,1-5H3. The van der Waals surface area contributed by atoms with Gasteiger partial charge in [0, 0.05) is 23.1 Å². The topological polar surface area (TPSA) is 82.8 Å². The van der Waals surface area contributed by atoms with Crippen molar-refractivity contribution < 1.29 is 4.74 Å². The predicted octanol–water partition coefficient (Wildman–Crippen LogP) is 4.77. The van der Waals surface area contributed by atoms with Gasteiger partial charge in [-0.25, -0.2) is 15.0 Å². The summed E-state index contributed by atoms with van der Waals surface area (Å²) in [5, 5.41) is 2.92. The van der Waals surface area contributed by atoms with Crippen LogP contribution in [0.5, 0.6) is 5.88 Å². The van der Waals surface area contributed by atoms with E-state index in [1.54, 1.807) is 35.9 Å². The highest BCUT2D eigenvalue weighted by Crippen LogP contribution is 2.23. The van der Waals surface area contributed by atoms with Gasteiger partial charge in [0.1, 0.15) is 18.3 Å². The van der Waals surface area contributed by atoms with Crippen molar-refractivity contribution in [1.29, 1.82) is 0 Å². The molecule has 3 heterocycles. The van der Waals surface area contributed by atoms with Crippen molar-refractivity contribution in [3.63, 3.8) is 0 Å². The molecule has 1 aromatic carbocycles. The molecular weight excluding hydrogens is 422 g/mol. The fourth-order valence-corrected chi connectivity index (χ4v) is 3.96. The Morgan fingerprint density at radius 1 is 1.09 bits per heavy atom. The van der Waals surface area contributed by atoms with Crippen molar-refractivity contribution in [3.8, 4) is 22.8 Å². The number of hydrogen-bond acceptors (Lipinski definition) is 7. The zero-order valence-electron chi connectivity index (χ0n) is 18.8. The summed E-state index contributed by atoms with van der Waals surface area (Å²) in [6, 6.07) is 9.60. The van der Waals surface area contributed by atoms with Crippen LogP contribution in [0.25, 0.3) is 16.9 Å². The molecule has 0 aliphatic carbocycles. The number of ether oxygens (including phenoxy) is 1. The van der Waals surface area contributed by atoms with E-state index in [0.29, 0.717) is 17.3 Å². The molecule has 4 rings (SSSR count). The van der Waals surface area contributed by atoms with E-state index in [-0.39, 0.29) is 18.1 Å². The number of aromatic nitrogens is 5. The van der Waals surface area contributed by atoms with E-state index in [1.807, 2.05) is 42.6 Å². The summed E-state index contributed by atoms with van der Waals surface area (Å²) in [7, 11) is 0. The van der Waals surface area contributed by atoms with Crippen LogP contribution in [0.2, 0.25) is 0 Å². The second-order valence-electron chi connectivity index (χ2n) is 7.88. The summed E-state index contributed by atoms with van der Waals surface area (Å²) in [5.41, 5.74) is 3.58. The average Bonchev–Trinajstić information content (AvgIpc) is 3.20. The van der Waals surface area contributed by atoms with Crippen LogP contribution in [-0.2, 0) is 6.61 Å². The number of aryl methyl sites for hydroxylation is 2. The van der Waals surface area contributed by atoms with Crippen LogP contribution in [0.1, 0.15) is 47.7 Å². The van der Waals surface area contributed by atoms with Crippen LogP contribution in [0.3, 0.4) is 0 Å². The van der Waals surface area contributed by atoms with Crippen LogP contribution in [0.4, 0.5) is 0 Å². The highest BCUT2D eigenvalue weighted by atomic mass is 32.1. The molecular formula is C24H25N5O2S. The van der Waals surface area contributed by atoms with Gasteiger partial charge in [-0.15, -0.1) is 11.3 Å². The Labute approximate surface area is 190 Å². The highest BCUT2D eigenvalue weighted by molar-refractivity contribution is 7.09. The maximum Gasteiger partial charge on any atom is 0.264 e. The largest absolute Gasteiger partial charge is 0.471 e. The van der Waals surface area contributed by atoms with Crippen LogP contribution < -0.4 is 10.3 Å². The van der Waals surface area contributed by atoms with Crippen molar-refractivity contribution in [3.05, 3.63) is 80.2 Å². The third kappa shape index (κ3) is 4.45. The molecule has 0 saturated carbocycles. The lowest BCUT2D eigenvalue weighted by Crippen LogP contribution is -2.25. The molecule has 0 bridgehead atoms. The Hall–Kier alpha value is -3.39. The highest BCUT2D eigenvalue weighted by Gasteiger charge is 2.15. The van der Waals surface area contributed by atoms with E-state index in [2.05, 4.69) is 33.8 Å². The van der Waals surface area contributed by atoms with Gasteiger partial charge in [0.25, 0.3) is 5.56 Å². The van der Waals surface area contributed by atoms with E-state index < -0.39 is 0 Å². The van der Waals surface area contributed by atoms with E-state index >= 15 is 0 Å². The normalized spacial score (nSPS) is 11.2. The Bertz CT molecular complexity index is 1330.